The number of rotatable bonds is 5. The highest BCUT2D eigenvalue weighted by Gasteiger charge is 2.10. The van der Waals surface area contributed by atoms with Crippen LogP contribution in [0.3, 0.4) is 0 Å². The lowest BCUT2D eigenvalue weighted by Crippen LogP contribution is -2.22. The molecule has 19 heavy (non-hydrogen) atoms. The molecule has 2 rings (SSSR count). The van der Waals surface area contributed by atoms with Crippen LogP contribution >= 0.6 is 11.3 Å². The molecule has 1 aromatic carbocycles. The number of ether oxygens (including phenoxy) is 1. The van der Waals surface area contributed by atoms with Gasteiger partial charge in [-0.3, -0.25) is 9.63 Å². The molecule has 0 atom stereocenters. The second kappa shape index (κ2) is 6.26. The minimum Gasteiger partial charge on any atom is -0.486 e. The molecule has 0 bridgehead atoms. The Labute approximate surface area is 113 Å². The Morgan fingerprint density at radius 3 is 2.84 bits per heavy atom. The SMILES string of the molecule is CONC(=O)c1csc(COc2ccc(F)cc2)n1. The van der Waals surface area contributed by atoms with E-state index in [1.165, 1.54) is 42.7 Å². The zero-order valence-corrected chi connectivity index (χ0v) is 10.9. The molecule has 5 nitrogen and oxygen atoms in total. The highest BCUT2D eigenvalue weighted by Crippen LogP contribution is 2.15. The van der Waals surface area contributed by atoms with Gasteiger partial charge in [-0.15, -0.1) is 11.3 Å². The van der Waals surface area contributed by atoms with Gasteiger partial charge in [0.1, 0.15) is 28.9 Å². The van der Waals surface area contributed by atoms with Crippen LogP contribution in [0.4, 0.5) is 4.39 Å². The van der Waals surface area contributed by atoms with Gasteiger partial charge in [-0.25, -0.2) is 14.9 Å². The molecule has 7 heteroatoms. The molecule has 0 aliphatic rings. The number of hydrogen-bond donors (Lipinski definition) is 1. The molecule has 0 radical (unpaired) electrons. The maximum atomic E-state index is 12.7. The fourth-order valence-corrected chi connectivity index (χ4v) is 1.99. The van der Waals surface area contributed by atoms with E-state index in [1.807, 2.05) is 0 Å². The minimum atomic E-state index is -0.410. The van der Waals surface area contributed by atoms with Crippen molar-refractivity contribution in [1.82, 2.24) is 10.5 Å². The molecule has 0 aliphatic carbocycles. The first-order valence-electron chi connectivity index (χ1n) is 5.35. The average Bonchev–Trinajstić information content (AvgIpc) is 2.87. The summed E-state index contributed by atoms with van der Waals surface area (Å²) in [6, 6.07) is 5.69. The Morgan fingerprint density at radius 2 is 2.16 bits per heavy atom. The third-order valence-electron chi connectivity index (χ3n) is 2.16. The number of thiazole rings is 1. The van der Waals surface area contributed by atoms with Gasteiger partial charge in [0, 0.05) is 5.38 Å². The molecule has 0 saturated heterocycles. The first kappa shape index (κ1) is 13.4. The van der Waals surface area contributed by atoms with Crippen molar-refractivity contribution >= 4 is 17.2 Å². The van der Waals surface area contributed by atoms with Crippen LogP contribution in [0.1, 0.15) is 15.5 Å². The molecule has 2 aromatic rings. The number of hydrogen-bond acceptors (Lipinski definition) is 5. The molecule has 1 amide bonds. The fourth-order valence-electron chi connectivity index (χ4n) is 1.30. The number of nitrogens with zero attached hydrogens (tertiary/aromatic N) is 1. The summed E-state index contributed by atoms with van der Waals surface area (Å²) in [7, 11) is 1.35. The third kappa shape index (κ3) is 3.73. The van der Waals surface area contributed by atoms with E-state index in [0.29, 0.717) is 10.8 Å². The summed E-state index contributed by atoms with van der Waals surface area (Å²) in [5, 5.41) is 2.25. The zero-order valence-electron chi connectivity index (χ0n) is 10.1. The normalized spacial score (nSPS) is 10.2. The van der Waals surface area contributed by atoms with Crippen molar-refractivity contribution < 1.29 is 18.8 Å². The maximum absolute atomic E-state index is 12.7. The number of carbonyl (C=O) groups excluding carboxylic acids is 1. The van der Waals surface area contributed by atoms with Crippen LogP contribution in [0.25, 0.3) is 0 Å². The monoisotopic (exact) mass is 282 g/mol. The van der Waals surface area contributed by atoms with Crippen LogP contribution in [0, 0.1) is 5.82 Å². The summed E-state index contributed by atoms with van der Waals surface area (Å²) < 4.78 is 18.1. The molecule has 0 unspecified atom stereocenters. The van der Waals surface area contributed by atoms with Gasteiger partial charge >= 0.3 is 0 Å². The van der Waals surface area contributed by atoms with Gasteiger partial charge in [-0.1, -0.05) is 0 Å². The number of carbonyl (C=O) groups is 1. The minimum absolute atomic E-state index is 0.219. The van der Waals surface area contributed by atoms with Crippen LogP contribution in [0.2, 0.25) is 0 Å². The molecular weight excluding hydrogens is 271 g/mol. The van der Waals surface area contributed by atoms with Crippen molar-refractivity contribution in [3.8, 4) is 5.75 Å². The average molecular weight is 282 g/mol. The zero-order chi connectivity index (χ0) is 13.7. The van der Waals surface area contributed by atoms with E-state index < -0.39 is 5.91 Å². The van der Waals surface area contributed by atoms with Crippen molar-refractivity contribution in [3.05, 3.63) is 46.2 Å². The van der Waals surface area contributed by atoms with E-state index in [1.54, 1.807) is 5.38 Å². The topological polar surface area (TPSA) is 60.5 Å². The summed E-state index contributed by atoms with van der Waals surface area (Å²) >= 11 is 1.30. The Balaban J connectivity index is 1.93. The molecule has 0 spiro atoms. The highest BCUT2D eigenvalue weighted by molar-refractivity contribution is 7.09. The summed E-state index contributed by atoms with van der Waals surface area (Å²) in [5.74, 6) is -0.189. The smallest absolute Gasteiger partial charge is 0.294 e. The van der Waals surface area contributed by atoms with Crippen LogP contribution in [0.15, 0.2) is 29.6 Å². The van der Waals surface area contributed by atoms with Crippen molar-refractivity contribution in [2.75, 3.05) is 7.11 Å². The van der Waals surface area contributed by atoms with Crippen molar-refractivity contribution in [2.45, 2.75) is 6.61 Å². The molecule has 1 heterocycles. The Bertz CT molecular complexity index is 556. The van der Waals surface area contributed by atoms with E-state index in [-0.39, 0.29) is 18.1 Å². The van der Waals surface area contributed by atoms with Gasteiger partial charge in [-0.05, 0) is 24.3 Å². The van der Waals surface area contributed by atoms with Gasteiger partial charge in [0.25, 0.3) is 5.91 Å². The van der Waals surface area contributed by atoms with Gasteiger partial charge < -0.3 is 4.74 Å². The summed E-state index contributed by atoms with van der Waals surface area (Å²) in [4.78, 5) is 20.0. The molecule has 0 saturated carbocycles. The van der Waals surface area contributed by atoms with Gasteiger partial charge in [0.05, 0.1) is 7.11 Å². The first-order chi connectivity index (χ1) is 9.19. The number of amides is 1. The molecule has 1 aromatic heterocycles. The van der Waals surface area contributed by atoms with Crippen molar-refractivity contribution in [1.29, 1.82) is 0 Å². The lowest BCUT2D eigenvalue weighted by Gasteiger charge is -2.03. The Hall–Kier alpha value is -1.99. The predicted molar refractivity (Wildman–Crippen MR) is 67.3 cm³/mol. The van der Waals surface area contributed by atoms with Gasteiger partial charge in [-0.2, -0.15) is 0 Å². The fraction of sp³-hybridized carbons (Fsp3) is 0.167. The maximum Gasteiger partial charge on any atom is 0.294 e. The van der Waals surface area contributed by atoms with Crippen LogP contribution in [-0.2, 0) is 11.4 Å². The van der Waals surface area contributed by atoms with E-state index in [0.717, 1.165) is 0 Å². The molecule has 100 valence electrons. The number of benzene rings is 1. The van der Waals surface area contributed by atoms with E-state index in [9.17, 15) is 9.18 Å². The quantitative estimate of drug-likeness (QED) is 0.854. The largest absolute Gasteiger partial charge is 0.486 e. The van der Waals surface area contributed by atoms with Crippen LogP contribution < -0.4 is 10.2 Å². The lowest BCUT2D eigenvalue weighted by atomic mass is 10.3. The van der Waals surface area contributed by atoms with Crippen LogP contribution in [-0.4, -0.2) is 18.0 Å². The summed E-state index contributed by atoms with van der Waals surface area (Å²) in [5.41, 5.74) is 2.45. The standard InChI is InChI=1S/C12H11FN2O3S/c1-17-15-12(16)10-7-19-11(14-10)6-18-9-4-2-8(13)3-5-9/h2-5,7H,6H2,1H3,(H,15,16). The Morgan fingerprint density at radius 1 is 1.42 bits per heavy atom. The second-order valence-corrected chi connectivity index (χ2v) is 4.45. The van der Waals surface area contributed by atoms with Gasteiger partial charge in [0.2, 0.25) is 0 Å². The third-order valence-corrected chi connectivity index (χ3v) is 2.98. The van der Waals surface area contributed by atoms with Gasteiger partial charge in [0.15, 0.2) is 0 Å². The number of halogens is 1. The first-order valence-corrected chi connectivity index (χ1v) is 6.23. The van der Waals surface area contributed by atoms with E-state index in [2.05, 4.69) is 15.3 Å². The molecule has 0 aliphatic heterocycles. The number of hydroxylamine groups is 1. The molecule has 1 N–H and O–H groups in total. The van der Waals surface area contributed by atoms with Crippen molar-refractivity contribution in [3.63, 3.8) is 0 Å². The summed E-state index contributed by atoms with van der Waals surface area (Å²) in [6.07, 6.45) is 0. The summed E-state index contributed by atoms with van der Waals surface area (Å²) in [6.45, 7) is 0.219. The second-order valence-electron chi connectivity index (χ2n) is 3.50. The predicted octanol–water partition coefficient (Wildman–Crippen LogP) is 2.15. The van der Waals surface area contributed by atoms with Crippen LogP contribution in [0.5, 0.6) is 5.75 Å². The Kier molecular flexibility index (Phi) is 4.43. The van der Waals surface area contributed by atoms with E-state index >= 15 is 0 Å². The molecule has 0 fully saturated rings. The highest BCUT2D eigenvalue weighted by atomic mass is 32.1. The van der Waals surface area contributed by atoms with E-state index in [4.69, 9.17) is 4.74 Å². The molecular formula is C12H11FN2O3S. The lowest BCUT2D eigenvalue weighted by molar-refractivity contribution is 0.0533. The van der Waals surface area contributed by atoms with Crippen molar-refractivity contribution in [2.24, 2.45) is 0 Å². The number of nitrogens with one attached hydrogen (secondary N) is 1. The number of aromatic nitrogens is 1.